The second kappa shape index (κ2) is 26.1. The Hall–Kier alpha value is -12.6. The van der Waals surface area contributed by atoms with Crippen molar-refractivity contribution >= 4 is 43.6 Å². The van der Waals surface area contributed by atoms with E-state index in [0.717, 1.165) is 0 Å². The molecule has 0 spiro atoms. The van der Waals surface area contributed by atoms with Crippen molar-refractivity contribution in [2.45, 2.75) is 49.4 Å². The van der Waals surface area contributed by atoms with Crippen LogP contribution in [0, 0.1) is 22.7 Å². The highest BCUT2D eigenvalue weighted by atomic mass is 19.4. The van der Waals surface area contributed by atoms with Gasteiger partial charge < -0.3 is 9.13 Å². The fraction of sp³-hybridized carbons (Fsp3) is 0.100. The number of alkyl halides is 24. The highest BCUT2D eigenvalue weighted by Gasteiger charge is 2.42. The smallest absolute Gasteiger partial charge is 0.309 e. The van der Waals surface area contributed by atoms with E-state index in [1.165, 1.54) is 124 Å². The predicted octanol–water partition coefficient (Wildman–Crippen LogP) is 26.2. The largest absolute Gasteiger partial charge is 0.416 e. The Morgan fingerprint density at radius 2 is 0.482 bits per heavy atom. The minimum absolute atomic E-state index is 0.0233. The summed E-state index contributed by atoms with van der Waals surface area (Å²) in [4.78, 5) is 9.57. The van der Waals surface area contributed by atoms with Crippen LogP contribution in [0.3, 0.4) is 0 Å². The molecule has 0 saturated heterocycles. The Morgan fingerprint density at radius 3 is 0.709 bits per heavy atom. The average Bonchev–Trinajstić information content (AvgIpc) is 1.57. The Balaban J connectivity index is 0.959. The van der Waals surface area contributed by atoms with E-state index in [2.05, 4.69) is 12.1 Å². The molecule has 0 N–H and O–H groups in total. The molecule has 30 heteroatoms. The quantitative estimate of drug-likeness (QED) is 0.135. The van der Waals surface area contributed by atoms with Crippen LogP contribution in [0.25, 0.3) is 133 Å². The van der Waals surface area contributed by atoms with Crippen molar-refractivity contribution in [3.05, 3.63) is 274 Å². The minimum atomic E-state index is -5.31. The van der Waals surface area contributed by atoms with Crippen molar-refractivity contribution in [2.75, 3.05) is 0 Å². The number of benzene rings is 11. The van der Waals surface area contributed by atoms with Gasteiger partial charge in [0.1, 0.15) is 0 Å². The Kier molecular flexibility index (Phi) is 17.6. The Morgan fingerprint density at radius 1 is 0.236 bits per heavy atom. The van der Waals surface area contributed by atoms with Gasteiger partial charge in [-0.25, -0.2) is 9.97 Å². The highest BCUT2D eigenvalue weighted by Crippen LogP contribution is 2.48. The molecule has 3 heterocycles. The van der Waals surface area contributed by atoms with Gasteiger partial charge >= 0.3 is 49.4 Å². The summed E-state index contributed by atoms with van der Waals surface area (Å²) in [6, 6.07) is 39.1. The van der Waals surface area contributed by atoms with Crippen LogP contribution >= 0.6 is 0 Å². The van der Waals surface area contributed by atoms with E-state index in [1.54, 1.807) is 30.3 Å². The van der Waals surface area contributed by atoms with Gasteiger partial charge in [-0.2, -0.15) is 116 Å². The van der Waals surface area contributed by atoms with Gasteiger partial charge in [-0.1, -0.05) is 78.9 Å². The third-order valence-corrected chi connectivity index (χ3v) is 18.3. The van der Waals surface area contributed by atoms with Crippen molar-refractivity contribution in [1.82, 2.24) is 19.1 Å². The third kappa shape index (κ3) is 14.1. The average molecular weight is 1540 g/mol. The van der Waals surface area contributed by atoms with E-state index < -0.39 is 116 Å². The van der Waals surface area contributed by atoms with Crippen LogP contribution in [0.1, 0.15) is 55.6 Å². The summed E-state index contributed by atoms with van der Waals surface area (Å²) >= 11 is 0. The summed E-state index contributed by atoms with van der Waals surface area (Å²) in [7, 11) is 0. The lowest BCUT2D eigenvalue weighted by molar-refractivity contribution is -0.144. The zero-order valence-electron chi connectivity index (χ0n) is 54.5. The fourth-order valence-electron chi connectivity index (χ4n) is 13.2. The molecule has 0 radical (unpaired) electrons. The van der Waals surface area contributed by atoms with E-state index in [1.807, 2.05) is 0 Å². The SMILES string of the molecule is N#Cc1cc(-n2c3cc(-c4cc(C(F)(F)F)cc(C(F)(F)F)c4)ccc3c3ccc(-c4cc(C(F)(F)F)cc(C(F)(F)F)c4)cc32)ccc1-c1cc(-c2ccc(-n3c4cc(-c5cc(C(F)(F)F)cc(C(F)(F)F)c5)ccc4c4ccc(-c5cc(C(F)(F)F)cc(C(F)(F)F)c5)cc43)cc2C#N)nc(-c2ccccc2)n1. The van der Waals surface area contributed by atoms with E-state index >= 15 is 0 Å². The predicted molar refractivity (Wildman–Crippen MR) is 358 cm³/mol. The molecule has 0 fully saturated rings. The van der Waals surface area contributed by atoms with Gasteiger partial charge in [-0.3, -0.25) is 0 Å². The van der Waals surface area contributed by atoms with Crippen LogP contribution in [-0.2, 0) is 49.4 Å². The lowest BCUT2D eigenvalue weighted by Gasteiger charge is -2.16. The number of hydrogen-bond acceptors (Lipinski definition) is 4. The number of halogens is 24. The van der Waals surface area contributed by atoms with Crippen molar-refractivity contribution in [3.63, 3.8) is 0 Å². The first-order valence-electron chi connectivity index (χ1n) is 31.8. The zero-order valence-corrected chi connectivity index (χ0v) is 54.5. The molecule has 554 valence electrons. The molecule has 6 nitrogen and oxygen atoms in total. The van der Waals surface area contributed by atoms with E-state index in [0.29, 0.717) is 54.1 Å². The van der Waals surface area contributed by atoms with E-state index in [-0.39, 0.29) is 141 Å². The molecule has 0 bridgehead atoms. The van der Waals surface area contributed by atoms with Crippen LogP contribution in [0.4, 0.5) is 105 Å². The molecule has 11 aromatic carbocycles. The molecule has 14 rings (SSSR count). The number of fused-ring (bicyclic) bond motifs is 6. The zero-order chi connectivity index (χ0) is 79.1. The first-order chi connectivity index (χ1) is 51.4. The molecular weight excluding hydrogens is 1500 g/mol. The monoisotopic (exact) mass is 1540 g/mol. The second-order valence-corrected chi connectivity index (χ2v) is 25.3. The first-order valence-corrected chi connectivity index (χ1v) is 31.8. The molecule has 110 heavy (non-hydrogen) atoms. The van der Waals surface area contributed by atoms with Gasteiger partial charge in [0.05, 0.1) is 101 Å². The summed E-state index contributed by atoms with van der Waals surface area (Å²) < 4.78 is 346. The molecule has 0 aliphatic rings. The normalized spacial score (nSPS) is 12.9. The van der Waals surface area contributed by atoms with Gasteiger partial charge in [0, 0.05) is 49.6 Å². The Labute approximate surface area is 601 Å². The van der Waals surface area contributed by atoms with Crippen molar-refractivity contribution in [3.8, 4) is 102 Å². The van der Waals surface area contributed by atoms with Crippen LogP contribution in [0.15, 0.2) is 218 Å². The Bertz CT molecular complexity index is 5440. The fourth-order valence-corrected chi connectivity index (χ4v) is 13.2. The van der Waals surface area contributed by atoms with Crippen molar-refractivity contribution in [1.29, 1.82) is 10.5 Å². The van der Waals surface area contributed by atoms with Gasteiger partial charge in [-0.05, 0) is 184 Å². The molecule has 0 amide bonds. The van der Waals surface area contributed by atoms with Crippen LogP contribution < -0.4 is 0 Å². The highest BCUT2D eigenvalue weighted by molar-refractivity contribution is 6.13. The maximum absolute atomic E-state index is 14.3. The number of hydrogen-bond donors (Lipinski definition) is 0. The molecule has 0 unspecified atom stereocenters. The lowest BCUT2D eigenvalue weighted by Crippen LogP contribution is -2.11. The molecule has 0 atom stereocenters. The van der Waals surface area contributed by atoms with Gasteiger partial charge in [-0.15, -0.1) is 0 Å². The molecule has 0 aliphatic heterocycles. The van der Waals surface area contributed by atoms with Gasteiger partial charge in [0.25, 0.3) is 0 Å². The molecule has 0 aliphatic carbocycles. The third-order valence-electron chi connectivity index (χ3n) is 18.3. The standard InChI is InChI=1S/C80H36F24N6/c81-73(82,83)50-18-44(19-51(32-50)74(84,85)86)40-6-12-62-63-13-7-41(45-20-52(75(87,88)89)33-53(21-45)76(90,91)92)29-69(63)109(68(62)28-40)58-10-16-60(48(26-58)37-105)66-36-67(108-72(107-66)39-4-2-1-3-5-39)61-17-11-59(27-49(61)38-106)110-70-30-42(46-22-54(77(93,94)95)34-55(23-46)78(96,97)98)8-14-64(70)65-15-9-43(31-71(65)110)47-24-56(79(99,100)101)35-57(25-47)80(102,103)104/h1-36H. The molecule has 0 saturated carbocycles. The molecular formula is C80H36F24N6. The summed E-state index contributed by atoms with van der Waals surface area (Å²) in [5.74, 6) is -0.0814. The maximum Gasteiger partial charge on any atom is 0.416 e. The van der Waals surface area contributed by atoms with Crippen molar-refractivity contribution < 1.29 is 105 Å². The van der Waals surface area contributed by atoms with Gasteiger partial charge in [0.2, 0.25) is 0 Å². The van der Waals surface area contributed by atoms with Crippen LogP contribution in [0.2, 0.25) is 0 Å². The van der Waals surface area contributed by atoms with Crippen LogP contribution in [-0.4, -0.2) is 19.1 Å². The van der Waals surface area contributed by atoms with E-state index in [4.69, 9.17) is 9.97 Å². The molecule has 3 aromatic heterocycles. The number of nitrogens with zero attached hydrogens (tertiary/aromatic N) is 6. The van der Waals surface area contributed by atoms with Gasteiger partial charge in [0.15, 0.2) is 5.82 Å². The van der Waals surface area contributed by atoms with Crippen molar-refractivity contribution in [2.24, 2.45) is 0 Å². The van der Waals surface area contributed by atoms with E-state index in [9.17, 15) is 116 Å². The summed E-state index contributed by atoms with van der Waals surface area (Å²) in [5.41, 5.74) is -17.6. The summed E-state index contributed by atoms with van der Waals surface area (Å²) in [5, 5.41) is 23.0. The molecule has 14 aromatic rings. The number of aromatic nitrogens is 4. The minimum Gasteiger partial charge on any atom is -0.309 e. The topological polar surface area (TPSA) is 83.2 Å². The summed E-state index contributed by atoms with van der Waals surface area (Å²) in [6.45, 7) is 0. The number of rotatable bonds is 9. The maximum atomic E-state index is 14.3. The lowest BCUT2D eigenvalue weighted by atomic mass is 9.97. The second-order valence-electron chi connectivity index (χ2n) is 25.3. The summed E-state index contributed by atoms with van der Waals surface area (Å²) in [6.07, 6.45) is -42.5. The first kappa shape index (κ1) is 74.3. The number of nitriles is 2. The van der Waals surface area contributed by atoms with Crippen LogP contribution in [0.5, 0.6) is 0 Å².